The molecule has 0 unspecified atom stereocenters. The Balaban J connectivity index is 2.03. The number of carbonyl (C=O) groups is 2. The van der Waals surface area contributed by atoms with Gasteiger partial charge in [-0.3, -0.25) is 9.79 Å². The molecule has 114 valence electrons. The number of aliphatic hydroxyl groups is 1. The predicted octanol–water partition coefficient (Wildman–Crippen LogP) is 4.02. The Morgan fingerprint density at radius 3 is 2.48 bits per heavy atom. The first kappa shape index (κ1) is 15.2. The molecule has 0 aromatic heterocycles. The number of allylic oxidation sites excluding steroid dienone is 1. The lowest BCUT2D eigenvalue weighted by molar-refractivity contribution is 0.0697. The molecule has 3 rings (SSSR count). The van der Waals surface area contributed by atoms with Gasteiger partial charge in [-0.25, -0.2) is 4.79 Å². The van der Waals surface area contributed by atoms with Crippen molar-refractivity contribution in [1.82, 2.24) is 0 Å². The maximum Gasteiger partial charge on any atom is 0.337 e. The summed E-state index contributed by atoms with van der Waals surface area (Å²) < 4.78 is 0.661. The van der Waals surface area contributed by atoms with Gasteiger partial charge >= 0.3 is 5.97 Å². The number of nitrogens with zero attached hydrogens (tertiary/aromatic N) is 1. The van der Waals surface area contributed by atoms with Crippen molar-refractivity contribution in [1.29, 1.82) is 0 Å². The normalized spacial score (nSPS) is 13.7. The number of hydrogen-bond donors (Lipinski definition) is 2. The van der Waals surface area contributed by atoms with Gasteiger partial charge in [-0.1, -0.05) is 40.2 Å². The van der Waals surface area contributed by atoms with E-state index in [1.807, 2.05) is 0 Å². The van der Waals surface area contributed by atoms with Crippen LogP contribution in [-0.4, -0.2) is 28.2 Å². The van der Waals surface area contributed by atoms with Crippen LogP contribution in [0, 0.1) is 0 Å². The Bertz CT molecular complexity index is 899. The topological polar surface area (TPSA) is 87.0 Å². The zero-order valence-electron chi connectivity index (χ0n) is 11.7. The molecule has 0 radical (unpaired) electrons. The standard InChI is InChI=1S/C17H10BrNO4/c18-9-5-6-12(17(22)23)14(7-9)19-8-13-15(20)10-3-1-2-4-11(10)16(13)21/h1-8,20H,(H,22,23). The first-order chi connectivity index (χ1) is 11.0. The van der Waals surface area contributed by atoms with Crippen LogP contribution in [0.2, 0.25) is 0 Å². The fourth-order valence-corrected chi connectivity index (χ4v) is 2.68. The maximum atomic E-state index is 12.3. The highest BCUT2D eigenvalue weighted by Crippen LogP contribution is 2.31. The zero-order chi connectivity index (χ0) is 16.6. The maximum absolute atomic E-state index is 12.3. The summed E-state index contributed by atoms with van der Waals surface area (Å²) in [6.45, 7) is 0. The SMILES string of the molecule is O=C(O)c1ccc(Br)cc1N=CC1=C(O)c2ccccc2C1=O. The molecule has 0 fully saturated rings. The first-order valence-corrected chi connectivity index (χ1v) is 7.42. The number of carboxylic acid groups (broad SMARTS) is 1. The Kier molecular flexibility index (Phi) is 3.83. The number of carbonyl (C=O) groups excluding carboxylic acids is 1. The van der Waals surface area contributed by atoms with E-state index >= 15 is 0 Å². The second-order valence-electron chi connectivity index (χ2n) is 4.86. The highest BCUT2D eigenvalue weighted by atomic mass is 79.9. The van der Waals surface area contributed by atoms with Crippen LogP contribution in [0.5, 0.6) is 0 Å². The van der Waals surface area contributed by atoms with Crippen LogP contribution in [-0.2, 0) is 0 Å². The van der Waals surface area contributed by atoms with Crippen LogP contribution < -0.4 is 0 Å². The van der Waals surface area contributed by atoms with Crippen LogP contribution >= 0.6 is 15.9 Å². The number of aliphatic hydroxyl groups excluding tert-OH is 1. The Morgan fingerprint density at radius 2 is 1.83 bits per heavy atom. The van der Waals surface area contributed by atoms with E-state index in [-0.39, 0.29) is 28.4 Å². The molecular formula is C17H10BrNO4. The van der Waals surface area contributed by atoms with Crippen LogP contribution in [0.1, 0.15) is 26.3 Å². The molecular weight excluding hydrogens is 362 g/mol. The molecule has 0 amide bonds. The molecule has 1 aliphatic rings. The summed E-state index contributed by atoms with van der Waals surface area (Å²) in [7, 11) is 0. The lowest BCUT2D eigenvalue weighted by Gasteiger charge is -2.01. The smallest absolute Gasteiger partial charge is 0.337 e. The van der Waals surface area contributed by atoms with Crippen LogP contribution in [0.15, 0.2) is 57.5 Å². The molecule has 0 heterocycles. The molecule has 5 nitrogen and oxygen atoms in total. The summed E-state index contributed by atoms with van der Waals surface area (Å²) >= 11 is 3.25. The predicted molar refractivity (Wildman–Crippen MR) is 89.6 cm³/mol. The molecule has 23 heavy (non-hydrogen) atoms. The third-order valence-corrected chi connectivity index (χ3v) is 3.94. The van der Waals surface area contributed by atoms with Crippen molar-refractivity contribution in [2.45, 2.75) is 0 Å². The van der Waals surface area contributed by atoms with Crippen molar-refractivity contribution >= 4 is 45.3 Å². The largest absolute Gasteiger partial charge is 0.506 e. The van der Waals surface area contributed by atoms with Crippen LogP contribution in [0.3, 0.4) is 0 Å². The van der Waals surface area contributed by atoms with Gasteiger partial charge in [-0.15, -0.1) is 0 Å². The van der Waals surface area contributed by atoms with Gasteiger partial charge in [0.25, 0.3) is 0 Å². The second-order valence-corrected chi connectivity index (χ2v) is 5.78. The second kappa shape index (κ2) is 5.81. The van der Waals surface area contributed by atoms with E-state index in [9.17, 15) is 19.8 Å². The number of benzene rings is 2. The monoisotopic (exact) mass is 371 g/mol. The Labute approximate surface area is 139 Å². The van der Waals surface area contributed by atoms with Crippen molar-refractivity contribution in [2.24, 2.45) is 4.99 Å². The molecule has 2 aromatic rings. The van der Waals surface area contributed by atoms with E-state index in [4.69, 9.17) is 0 Å². The minimum absolute atomic E-state index is 0.00694. The number of carboxylic acids is 1. The molecule has 0 aliphatic heterocycles. The summed E-state index contributed by atoms with van der Waals surface area (Å²) in [6.07, 6.45) is 1.20. The molecule has 1 aliphatic carbocycles. The number of ketones is 1. The number of Topliss-reactive ketones (excluding diaryl/α,β-unsaturated/α-hetero) is 1. The van der Waals surface area contributed by atoms with E-state index in [0.717, 1.165) is 0 Å². The van der Waals surface area contributed by atoms with Gasteiger partial charge in [0.1, 0.15) is 5.76 Å². The molecule has 0 saturated heterocycles. The Hall–Kier alpha value is -2.73. The highest BCUT2D eigenvalue weighted by Gasteiger charge is 2.28. The summed E-state index contributed by atoms with van der Waals surface area (Å²) in [5.41, 5.74) is 1.09. The lowest BCUT2D eigenvalue weighted by Crippen LogP contribution is -2.00. The number of aliphatic imine (C=N–C) groups is 1. The van der Waals surface area contributed by atoms with E-state index < -0.39 is 5.97 Å². The molecule has 0 bridgehead atoms. The van der Waals surface area contributed by atoms with Gasteiger partial charge in [0, 0.05) is 21.8 Å². The van der Waals surface area contributed by atoms with Crippen LogP contribution in [0.4, 0.5) is 5.69 Å². The first-order valence-electron chi connectivity index (χ1n) is 6.63. The molecule has 0 saturated carbocycles. The van der Waals surface area contributed by atoms with E-state index in [1.165, 1.54) is 18.3 Å². The van der Waals surface area contributed by atoms with Crippen LogP contribution in [0.25, 0.3) is 5.76 Å². The minimum atomic E-state index is -1.12. The highest BCUT2D eigenvalue weighted by molar-refractivity contribution is 9.10. The van der Waals surface area contributed by atoms with Gasteiger partial charge in [-0.05, 0) is 18.2 Å². The van der Waals surface area contributed by atoms with Gasteiger partial charge in [0.15, 0.2) is 5.78 Å². The number of fused-ring (bicyclic) bond motifs is 1. The summed E-state index contributed by atoms with van der Waals surface area (Å²) in [4.78, 5) is 27.6. The fourth-order valence-electron chi connectivity index (χ4n) is 2.33. The van der Waals surface area contributed by atoms with Gasteiger partial charge in [0.2, 0.25) is 0 Å². The van der Waals surface area contributed by atoms with Crippen molar-refractivity contribution in [2.75, 3.05) is 0 Å². The van der Waals surface area contributed by atoms with E-state index in [0.29, 0.717) is 15.6 Å². The van der Waals surface area contributed by atoms with Crippen molar-refractivity contribution in [3.63, 3.8) is 0 Å². The van der Waals surface area contributed by atoms with Crippen molar-refractivity contribution < 1.29 is 19.8 Å². The number of aromatic carboxylic acids is 1. The zero-order valence-corrected chi connectivity index (χ0v) is 13.2. The van der Waals surface area contributed by atoms with Gasteiger partial charge < -0.3 is 10.2 Å². The van der Waals surface area contributed by atoms with Gasteiger partial charge in [-0.2, -0.15) is 0 Å². The van der Waals surface area contributed by atoms with E-state index in [1.54, 1.807) is 30.3 Å². The molecule has 6 heteroatoms. The number of hydrogen-bond acceptors (Lipinski definition) is 4. The Morgan fingerprint density at radius 1 is 1.13 bits per heavy atom. The average Bonchev–Trinajstić information content (AvgIpc) is 2.77. The molecule has 0 spiro atoms. The summed E-state index contributed by atoms with van der Waals surface area (Å²) in [5, 5.41) is 19.3. The quantitative estimate of drug-likeness (QED) is 0.797. The number of rotatable bonds is 3. The number of halogens is 1. The minimum Gasteiger partial charge on any atom is -0.506 e. The average molecular weight is 372 g/mol. The molecule has 0 atom stereocenters. The molecule has 2 aromatic carbocycles. The third kappa shape index (κ3) is 2.68. The lowest BCUT2D eigenvalue weighted by atomic mass is 10.1. The summed E-state index contributed by atoms with van der Waals surface area (Å²) in [6, 6.07) is 11.2. The van der Waals surface area contributed by atoms with Gasteiger partial charge in [0.05, 0.1) is 16.8 Å². The fraction of sp³-hybridized carbons (Fsp3) is 0. The third-order valence-electron chi connectivity index (χ3n) is 3.45. The summed E-state index contributed by atoms with van der Waals surface area (Å²) in [5.74, 6) is -1.61. The molecule has 2 N–H and O–H groups in total. The van der Waals surface area contributed by atoms with E-state index in [2.05, 4.69) is 20.9 Å². The van der Waals surface area contributed by atoms with Crippen molar-refractivity contribution in [3.8, 4) is 0 Å². The van der Waals surface area contributed by atoms with Crippen molar-refractivity contribution in [3.05, 3.63) is 69.2 Å².